The van der Waals surface area contributed by atoms with Crippen molar-refractivity contribution in [3.63, 3.8) is 0 Å². The second-order valence-corrected chi connectivity index (χ2v) is 6.39. The zero-order valence-corrected chi connectivity index (χ0v) is 13.9. The first-order valence-electron chi connectivity index (χ1n) is 7.32. The van der Waals surface area contributed by atoms with Gasteiger partial charge in [-0.15, -0.1) is 0 Å². The third kappa shape index (κ3) is 3.61. The van der Waals surface area contributed by atoms with Crippen LogP contribution in [0, 0.1) is 12.8 Å². The molecule has 1 aliphatic heterocycles. The van der Waals surface area contributed by atoms with Crippen LogP contribution in [0.25, 0.3) is 0 Å². The number of hydrogen-bond acceptors (Lipinski definition) is 2. The van der Waals surface area contributed by atoms with E-state index >= 15 is 0 Å². The van der Waals surface area contributed by atoms with E-state index in [1.165, 1.54) is 6.42 Å². The monoisotopic (exact) mass is 338 g/mol. The zero-order chi connectivity index (χ0) is 14.5. The molecule has 0 saturated carbocycles. The first kappa shape index (κ1) is 15.5. The van der Waals surface area contributed by atoms with Crippen molar-refractivity contribution in [3.05, 3.63) is 33.8 Å². The lowest BCUT2D eigenvalue weighted by atomic mass is 9.93. The number of carbonyl (C=O) groups excluding carboxylic acids is 1. The molecule has 2 rings (SSSR count). The van der Waals surface area contributed by atoms with Crippen molar-refractivity contribution in [1.82, 2.24) is 10.2 Å². The first-order chi connectivity index (χ1) is 9.63. The number of carbonyl (C=O) groups is 1. The molecule has 0 aliphatic carbocycles. The first-order valence-corrected chi connectivity index (χ1v) is 8.11. The van der Waals surface area contributed by atoms with Gasteiger partial charge in [0.2, 0.25) is 0 Å². The van der Waals surface area contributed by atoms with Crippen molar-refractivity contribution >= 4 is 21.8 Å². The molecule has 1 heterocycles. The second-order valence-electron chi connectivity index (χ2n) is 5.54. The normalized spacial score (nSPS) is 16.4. The fourth-order valence-electron chi connectivity index (χ4n) is 2.78. The summed E-state index contributed by atoms with van der Waals surface area (Å²) in [6, 6.07) is 5.84. The fraction of sp³-hybridized carbons (Fsp3) is 0.562. The van der Waals surface area contributed by atoms with Gasteiger partial charge in [0.1, 0.15) is 0 Å². The van der Waals surface area contributed by atoms with Crippen LogP contribution in [0.1, 0.15) is 35.2 Å². The molecule has 1 aromatic carbocycles. The molecule has 0 radical (unpaired) electrons. The number of likely N-dealkylation sites (tertiary alicyclic amines) is 1. The summed E-state index contributed by atoms with van der Waals surface area (Å²) >= 11 is 3.50. The summed E-state index contributed by atoms with van der Waals surface area (Å²) < 4.78 is 1.01. The lowest BCUT2D eigenvalue weighted by Crippen LogP contribution is -2.39. The summed E-state index contributed by atoms with van der Waals surface area (Å²) in [5.41, 5.74) is 1.86. The van der Waals surface area contributed by atoms with Gasteiger partial charge in [0.25, 0.3) is 5.91 Å². The van der Waals surface area contributed by atoms with E-state index in [1.807, 2.05) is 37.1 Å². The topological polar surface area (TPSA) is 32.3 Å². The van der Waals surface area contributed by atoms with Crippen molar-refractivity contribution in [3.8, 4) is 0 Å². The number of piperidine rings is 1. The number of halogens is 1. The van der Waals surface area contributed by atoms with Gasteiger partial charge in [-0.3, -0.25) is 4.79 Å². The predicted molar refractivity (Wildman–Crippen MR) is 86.1 cm³/mol. The molecule has 1 N–H and O–H groups in total. The van der Waals surface area contributed by atoms with Crippen molar-refractivity contribution in [2.24, 2.45) is 5.92 Å². The van der Waals surface area contributed by atoms with Gasteiger partial charge in [0, 0.05) is 23.1 Å². The largest absolute Gasteiger partial charge is 0.339 e. The predicted octanol–water partition coefficient (Wildman–Crippen LogP) is 3.22. The smallest absolute Gasteiger partial charge is 0.254 e. The van der Waals surface area contributed by atoms with E-state index in [-0.39, 0.29) is 5.91 Å². The Morgan fingerprint density at radius 2 is 2.10 bits per heavy atom. The highest BCUT2D eigenvalue weighted by Crippen LogP contribution is 2.24. The number of benzene rings is 1. The molecule has 0 aromatic heterocycles. The van der Waals surface area contributed by atoms with Crippen LogP contribution < -0.4 is 5.32 Å². The molecule has 1 amide bonds. The number of nitrogens with zero attached hydrogens (tertiary/aromatic N) is 1. The van der Waals surface area contributed by atoms with Gasteiger partial charge in [-0.2, -0.15) is 0 Å². The maximum Gasteiger partial charge on any atom is 0.254 e. The lowest BCUT2D eigenvalue weighted by molar-refractivity contribution is 0.0686. The molecular weight excluding hydrogens is 316 g/mol. The summed E-state index contributed by atoms with van der Waals surface area (Å²) in [6.07, 6.45) is 3.47. The molecule has 20 heavy (non-hydrogen) atoms. The van der Waals surface area contributed by atoms with E-state index in [4.69, 9.17) is 0 Å². The van der Waals surface area contributed by atoms with E-state index < -0.39 is 0 Å². The number of rotatable bonds is 4. The molecule has 1 aromatic rings. The minimum Gasteiger partial charge on any atom is -0.339 e. The van der Waals surface area contributed by atoms with Gasteiger partial charge in [0.15, 0.2) is 0 Å². The Kier molecular flexibility index (Phi) is 5.61. The van der Waals surface area contributed by atoms with Crippen molar-refractivity contribution < 1.29 is 4.79 Å². The SMILES string of the molecule is CNCCC1CCN(C(=O)c2cccc(Br)c2C)CC1. The molecule has 4 heteroatoms. The molecule has 1 saturated heterocycles. The molecule has 0 atom stereocenters. The molecule has 3 nitrogen and oxygen atoms in total. The van der Waals surface area contributed by atoms with Crippen LogP contribution in [0.15, 0.2) is 22.7 Å². The van der Waals surface area contributed by atoms with Crippen molar-refractivity contribution in [2.75, 3.05) is 26.7 Å². The Bertz CT molecular complexity index is 468. The summed E-state index contributed by atoms with van der Waals surface area (Å²) in [4.78, 5) is 14.6. The van der Waals surface area contributed by atoms with Crippen LogP contribution in [-0.2, 0) is 0 Å². The molecule has 1 aliphatic rings. The van der Waals surface area contributed by atoms with Gasteiger partial charge in [-0.05, 0) is 63.4 Å². The Labute approximate surface area is 129 Å². The standard InChI is InChI=1S/C16H23BrN2O/c1-12-14(4-3-5-15(12)17)16(20)19-10-7-13(8-11-19)6-9-18-2/h3-5,13,18H,6-11H2,1-2H3. The van der Waals surface area contributed by atoms with Crippen LogP contribution in [-0.4, -0.2) is 37.5 Å². The molecule has 1 fully saturated rings. The summed E-state index contributed by atoms with van der Waals surface area (Å²) in [6.45, 7) is 4.85. The number of hydrogen-bond donors (Lipinski definition) is 1. The quantitative estimate of drug-likeness (QED) is 0.914. The molecular formula is C16H23BrN2O. The van der Waals surface area contributed by atoms with Crippen LogP contribution in [0.5, 0.6) is 0 Å². The third-order valence-electron chi connectivity index (χ3n) is 4.20. The maximum atomic E-state index is 12.6. The molecule has 110 valence electrons. The van der Waals surface area contributed by atoms with E-state index in [0.29, 0.717) is 0 Å². The molecule has 0 spiro atoms. The van der Waals surface area contributed by atoms with Gasteiger partial charge in [0.05, 0.1) is 0 Å². The second kappa shape index (κ2) is 7.23. The Morgan fingerprint density at radius 1 is 1.40 bits per heavy atom. The van der Waals surface area contributed by atoms with E-state index in [1.54, 1.807) is 0 Å². The Morgan fingerprint density at radius 3 is 2.75 bits per heavy atom. The molecule has 0 unspecified atom stereocenters. The van der Waals surface area contributed by atoms with Crippen LogP contribution >= 0.6 is 15.9 Å². The van der Waals surface area contributed by atoms with Crippen molar-refractivity contribution in [2.45, 2.75) is 26.2 Å². The van der Waals surface area contributed by atoms with Gasteiger partial charge >= 0.3 is 0 Å². The summed E-state index contributed by atoms with van der Waals surface area (Å²) in [5.74, 6) is 0.936. The highest BCUT2D eigenvalue weighted by Gasteiger charge is 2.24. The summed E-state index contributed by atoms with van der Waals surface area (Å²) in [7, 11) is 1.99. The number of nitrogens with one attached hydrogen (secondary N) is 1. The van der Waals surface area contributed by atoms with Gasteiger partial charge < -0.3 is 10.2 Å². The van der Waals surface area contributed by atoms with Crippen molar-refractivity contribution in [1.29, 1.82) is 0 Å². The average molecular weight is 339 g/mol. The highest BCUT2D eigenvalue weighted by atomic mass is 79.9. The molecule has 0 bridgehead atoms. The number of amides is 1. The van der Waals surface area contributed by atoms with Gasteiger partial charge in [-0.1, -0.05) is 22.0 Å². The van der Waals surface area contributed by atoms with Gasteiger partial charge in [-0.25, -0.2) is 0 Å². The fourth-order valence-corrected chi connectivity index (χ4v) is 3.15. The van der Waals surface area contributed by atoms with E-state index in [0.717, 1.165) is 54.0 Å². The average Bonchev–Trinajstić information content (AvgIpc) is 2.48. The van der Waals surface area contributed by atoms with Crippen LogP contribution in [0.3, 0.4) is 0 Å². The van der Waals surface area contributed by atoms with Crippen LogP contribution in [0.2, 0.25) is 0 Å². The Balaban J connectivity index is 1.96. The van der Waals surface area contributed by atoms with E-state index in [2.05, 4.69) is 21.2 Å². The summed E-state index contributed by atoms with van der Waals surface area (Å²) in [5, 5.41) is 3.20. The Hall–Kier alpha value is -0.870. The third-order valence-corrected chi connectivity index (χ3v) is 5.06. The van der Waals surface area contributed by atoms with E-state index in [9.17, 15) is 4.79 Å². The zero-order valence-electron chi connectivity index (χ0n) is 12.3. The minimum atomic E-state index is 0.177. The lowest BCUT2D eigenvalue weighted by Gasteiger charge is -2.32. The highest BCUT2D eigenvalue weighted by molar-refractivity contribution is 9.10. The maximum absolute atomic E-state index is 12.6. The van der Waals surface area contributed by atoms with Crippen LogP contribution in [0.4, 0.5) is 0 Å². The minimum absolute atomic E-state index is 0.177.